The van der Waals surface area contributed by atoms with Crippen LogP contribution >= 0.6 is 0 Å². The molecule has 1 atom stereocenters. The molecule has 0 unspecified atom stereocenters. The van der Waals surface area contributed by atoms with E-state index in [1.165, 1.54) is 15.5 Å². The van der Waals surface area contributed by atoms with Gasteiger partial charge < -0.3 is 19.3 Å². The molecule has 27 heavy (non-hydrogen) atoms. The summed E-state index contributed by atoms with van der Waals surface area (Å²) in [6.07, 6.45) is 1.28. The third-order valence-electron chi connectivity index (χ3n) is 4.48. The quantitative estimate of drug-likeness (QED) is 0.861. The van der Waals surface area contributed by atoms with Crippen LogP contribution in [0, 0.1) is 0 Å². The van der Waals surface area contributed by atoms with Gasteiger partial charge in [0.25, 0.3) is 5.56 Å². The molecule has 2 aromatic rings. The number of pyridine rings is 1. The van der Waals surface area contributed by atoms with E-state index in [9.17, 15) is 14.4 Å². The zero-order valence-electron chi connectivity index (χ0n) is 14.7. The van der Waals surface area contributed by atoms with E-state index in [-0.39, 0.29) is 30.4 Å². The fraction of sp³-hybridized carbons (Fsp3) is 0.316. The van der Waals surface area contributed by atoms with Gasteiger partial charge in [-0.05, 0) is 30.5 Å². The standard InChI is InChI=1S/C19H21N3O5/c23-17-16(20-18(24)27-13-14-6-2-1-3-7-14)9-5-11-22(17)15-8-4-10-21(12-15)19(25)26/h1-3,5-7,9,11,15H,4,8,10,12-13H2,(H,20,24)(H,25,26)/t15-/m1/s1. The second-order valence-corrected chi connectivity index (χ2v) is 6.35. The molecule has 1 saturated heterocycles. The summed E-state index contributed by atoms with van der Waals surface area (Å²) in [5, 5.41) is 11.6. The Kier molecular flexibility index (Phi) is 5.75. The molecule has 1 aromatic carbocycles. The number of nitrogens with zero attached hydrogens (tertiary/aromatic N) is 2. The van der Waals surface area contributed by atoms with E-state index < -0.39 is 12.2 Å². The highest BCUT2D eigenvalue weighted by atomic mass is 16.5. The molecular weight excluding hydrogens is 350 g/mol. The molecule has 2 amide bonds. The molecule has 0 radical (unpaired) electrons. The van der Waals surface area contributed by atoms with Gasteiger partial charge in [-0.1, -0.05) is 30.3 Å². The summed E-state index contributed by atoms with van der Waals surface area (Å²) >= 11 is 0. The maximum atomic E-state index is 12.7. The molecule has 8 heteroatoms. The van der Waals surface area contributed by atoms with Crippen molar-refractivity contribution >= 4 is 17.9 Å². The molecule has 1 aliphatic heterocycles. The Morgan fingerprint density at radius 3 is 2.70 bits per heavy atom. The lowest BCUT2D eigenvalue weighted by molar-refractivity contribution is 0.121. The number of rotatable bonds is 4. The summed E-state index contributed by atoms with van der Waals surface area (Å²) in [6, 6.07) is 12.1. The molecule has 1 fully saturated rings. The average Bonchev–Trinajstić information content (AvgIpc) is 2.69. The van der Waals surface area contributed by atoms with Crippen LogP contribution < -0.4 is 10.9 Å². The number of carbonyl (C=O) groups is 2. The van der Waals surface area contributed by atoms with Crippen molar-refractivity contribution in [3.8, 4) is 0 Å². The van der Waals surface area contributed by atoms with Gasteiger partial charge >= 0.3 is 12.2 Å². The van der Waals surface area contributed by atoms with Gasteiger partial charge in [-0.2, -0.15) is 0 Å². The molecule has 3 rings (SSSR count). The first-order valence-electron chi connectivity index (χ1n) is 8.71. The summed E-state index contributed by atoms with van der Waals surface area (Å²) in [6.45, 7) is 0.811. The molecule has 8 nitrogen and oxygen atoms in total. The van der Waals surface area contributed by atoms with E-state index in [1.807, 2.05) is 30.3 Å². The third-order valence-corrected chi connectivity index (χ3v) is 4.48. The van der Waals surface area contributed by atoms with Gasteiger partial charge in [-0.3, -0.25) is 10.1 Å². The van der Waals surface area contributed by atoms with Gasteiger partial charge in [-0.25, -0.2) is 9.59 Å². The Balaban J connectivity index is 1.66. The van der Waals surface area contributed by atoms with Crippen LogP contribution in [-0.2, 0) is 11.3 Å². The summed E-state index contributed by atoms with van der Waals surface area (Å²) in [5.41, 5.74) is 0.559. The van der Waals surface area contributed by atoms with Crippen LogP contribution in [-0.4, -0.2) is 39.8 Å². The van der Waals surface area contributed by atoms with Crippen LogP contribution in [0.1, 0.15) is 24.4 Å². The monoisotopic (exact) mass is 371 g/mol. The molecule has 2 heterocycles. The normalized spacial score (nSPS) is 16.6. The van der Waals surface area contributed by atoms with Gasteiger partial charge in [0, 0.05) is 19.3 Å². The predicted octanol–water partition coefficient (Wildman–Crippen LogP) is 2.91. The summed E-state index contributed by atoms with van der Waals surface area (Å²) in [5.74, 6) is 0. The second-order valence-electron chi connectivity index (χ2n) is 6.35. The lowest BCUT2D eigenvalue weighted by atomic mass is 10.1. The minimum absolute atomic E-state index is 0.100. The molecule has 0 saturated carbocycles. The maximum absolute atomic E-state index is 12.7. The van der Waals surface area contributed by atoms with Crippen molar-refractivity contribution in [1.29, 1.82) is 0 Å². The van der Waals surface area contributed by atoms with Gasteiger partial charge in [0.1, 0.15) is 12.3 Å². The average molecular weight is 371 g/mol. The summed E-state index contributed by atoms with van der Waals surface area (Å²) in [4.78, 5) is 37.2. The molecule has 0 spiro atoms. The number of nitrogens with one attached hydrogen (secondary N) is 1. The smallest absolute Gasteiger partial charge is 0.412 e. The largest absolute Gasteiger partial charge is 0.465 e. The topological polar surface area (TPSA) is 101 Å². The minimum Gasteiger partial charge on any atom is -0.465 e. The highest BCUT2D eigenvalue weighted by Gasteiger charge is 2.25. The van der Waals surface area contributed by atoms with Crippen molar-refractivity contribution in [3.63, 3.8) is 0 Å². The number of carboxylic acid groups (broad SMARTS) is 1. The number of aromatic nitrogens is 1. The lowest BCUT2D eigenvalue weighted by Crippen LogP contribution is -2.42. The number of hydrogen-bond acceptors (Lipinski definition) is 4. The first-order valence-corrected chi connectivity index (χ1v) is 8.71. The molecular formula is C19H21N3O5. The number of ether oxygens (including phenoxy) is 1. The van der Waals surface area contributed by atoms with Crippen molar-refractivity contribution < 1.29 is 19.4 Å². The maximum Gasteiger partial charge on any atom is 0.412 e. The van der Waals surface area contributed by atoms with Gasteiger partial charge in [0.2, 0.25) is 0 Å². The molecule has 142 valence electrons. The summed E-state index contributed by atoms with van der Waals surface area (Å²) < 4.78 is 6.61. The summed E-state index contributed by atoms with van der Waals surface area (Å²) in [7, 11) is 0. The lowest BCUT2D eigenvalue weighted by Gasteiger charge is -2.31. The van der Waals surface area contributed by atoms with Crippen molar-refractivity contribution in [2.45, 2.75) is 25.5 Å². The van der Waals surface area contributed by atoms with E-state index in [4.69, 9.17) is 9.84 Å². The highest BCUT2D eigenvalue weighted by Crippen LogP contribution is 2.20. The van der Waals surface area contributed by atoms with Crippen molar-refractivity contribution in [2.75, 3.05) is 18.4 Å². The van der Waals surface area contributed by atoms with Crippen molar-refractivity contribution in [1.82, 2.24) is 9.47 Å². The van der Waals surface area contributed by atoms with Crippen LogP contribution in [0.2, 0.25) is 0 Å². The molecule has 1 aliphatic rings. The van der Waals surface area contributed by atoms with Crippen molar-refractivity contribution in [2.24, 2.45) is 0 Å². The van der Waals surface area contributed by atoms with Gasteiger partial charge in [0.05, 0.1) is 6.04 Å². The Morgan fingerprint density at radius 2 is 1.96 bits per heavy atom. The SMILES string of the molecule is O=C(Nc1cccn([C@@H]2CCCN(C(=O)O)C2)c1=O)OCc1ccccc1. The number of amides is 2. The predicted molar refractivity (Wildman–Crippen MR) is 98.8 cm³/mol. The van der Waals surface area contributed by atoms with Crippen LogP contribution in [0.15, 0.2) is 53.5 Å². The Morgan fingerprint density at radius 1 is 1.19 bits per heavy atom. The van der Waals surface area contributed by atoms with E-state index in [0.717, 1.165) is 5.56 Å². The van der Waals surface area contributed by atoms with Crippen LogP contribution in [0.4, 0.5) is 15.3 Å². The zero-order valence-corrected chi connectivity index (χ0v) is 14.7. The highest BCUT2D eigenvalue weighted by molar-refractivity contribution is 5.84. The molecule has 1 aromatic heterocycles. The van der Waals surface area contributed by atoms with Crippen LogP contribution in [0.25, 0.3) is 0 Å². The molecule has 0 aliphatic carbocycles. The number of carbonyl (C=O) groups excluding carboxylic acids is 1. The van der Waals surface area contributed by atoms with Crippen LogP contribution in [0.5, 0.6) is 0 Å². The Hall–Kier alpha value is -3.29. The fourth-order valence-electron chi connectivity index (χ4n) is 3.12. The number of piperidine rings is 1. The van der Waals surface area contributed by atoms with Crippen LogP contribution in [0.3, 0.4) is 0 Å². The molecule has 0 bridgehead atoms. The van der Waals surface area contributed by atoms with E-state index in [2.05, 4.69) is 5.32 Å². The van der Waals surface area contributed by atoms with Crippen molar-refractivity contribution in [3.05, 3.63) is 64.6 Å². The van der Waals surface area contributed by atoms with E-state index >= 15 is 0 Å². The first kappa shape index (κ1) is 18.5. The Labute approximate surface area is 156 Å². The second kappa shape index (κ2) is 8.39. The minimum atomic E-state index is -0.994. The van der Waals surface area contributed by atoms with Gasteiger partial charge in [0.15, 0.2) is 0 Å². The first-order chi connectivity index (χ1) is 13.0. The zero-order chi connectivity index (χ0) is 19.2. The number of benzene rings is 1. The number of likely N-dealkylation sites (tertiary alicyclic amines) is 1. The Bertz CT molecular complexity index is 865. The number of anilines is 1. The van der Waals surface area contributed by atoms with E-state index in [1.54, 1.807) is 12.3 Å². The third kappa shape index (κ3) is 4.66. The fourth-order valence-corrected chi connectivity index (χ4v) is 3.12. The van der Waals surface area contributed by atoms with E-state index in [0.29, 0.717) is 19.4 Å². The molecule has 2 N–H and O–H groups in total. The number of hydrogen-bond donors (Lipinski definition) is 2. The van der Waals surface area contributed by atoms with Gasteiger partial charge in [-0.15, -0.1) is 0 Å².